The molecule has 1 saturated heterocycles. The lowest BCUT2D eigenvalue weighted by Gasteiger charge is -2.33. The summed E-state index contributed by atoms with van der Waals surface area (Å²) in [6.07, 6.45) is 1.48. The van der Waals surface area contributed by atoms with Crippen molar-refractivity contribution in [2.24, 2.45) is 12.8 Å². The van der Waals surface area contributed by atoms with Crippen molar-refractivity contribution in [1.29, 1.82) is 5.41 Å². The Morgan fingerprint density at radius 1 is 1.10 bits per heavy atom. The summed E-state index contributed by atoms with van der Waals surface area (Å²) < 4.78 is 1.99. The molecular weight excluding hydrogens is 498 g/mol. The molecule has 2 heterocycles. The lowest BCUT2D eigenvalue weighted by atomic mass is 9.80. The summed E-state index contributed by atoms with van der Waals surface area (Å²) in [7, 11) is 1.93. The molecule has 206 valence electrons. The van der Waals surface area contributed by atoms with Gasteiger partial charge in [0.2, 0.25) is 11.8 Å². The number of anilines is 1. The minimum absolute atomic E-state index is 0.0164. The number of nitrogens with one attached hydrogen (secondary N) is 3. The van der Waals surface area contributed by atoms with E-state index in [1.54, 1.807) is 12.1 Å². The number of nitrogens with zero attached hydrogens (tertiary/aromatic N) is 3. The molecule has 1 aliphatic rings. The molecule has 6 N–H and O–H groups in total. The number of carboxylic acid groups (broad SMARTS) is 1. The van der Waals surface area contributed by atoms with E-state index in [0.29, 0.717) is 25.2 Å². The molecule has 1 aromatic heterocycles. The van der Waals surface area contributed by atoms with E-state index in [-0.39, 0.29) is 31.1 Å². The summed E-state index contributed by atoms with van der Waals surface area (Å²) in [5, 5.41) is 22.5. The molecular formula is C28H35N7O4. The van der Waals surface area contributed by atoms with E-state index in [4.69, 9.17) is 21.2 Å². The van der Waals surface area contributed by atoms with Crippen LogP contribution in [0.1, 0.15) is 49.6 Å². The Balaban J connectivity index is 1.57. The number of hydrogen-bond acceptors (Lipinski definition) is 6. The Morgan fingerprint density at radius 2 is 1.79 bits per heavy atom. The van der Waals surface area contributed by atoms with Gasteiger partial charge in [0.25, 0.3) is 0 Å². The zero-order chi connectivity index (χ0) is 28.2. The van der Waals surface area contributed by atoms with Crippen molar-refractivity contribution in [1.82, 2.24) is 19.8 Å². The van der Waals surface area contributed by atoms with Crippen molar-refractivity contribution in [3.8, 4) is 0 Å². The first-order chi connectivity index (χ1) is 18.6. The summed E-state index contributed by atoms with van der Waals surface area (Å²) in [5.41, 5.74) is 8.40. The SMILES string of the molecule is Cn1c(CNc2ccc(C(=N)N)cc2)nc2cc(C(C)(CNC(=O)CCC(=O)O)C(=O)N3CCCC3)ccc21. The fourth-order valence-corrected chi connectivity index (χ4v) is 4.85. The lowest BCUT2D eigenvalue weighted by Crippen LogP contribution is -2.50. The van der Waals surface area contributed by atoms with Crippen LogP contribution in [-0.4, -0.2) is 62.8 Å². The number of likely N-dealkylation sites (tertiary alicyclic amines) is 1. The third-order valence-corrected chi connectivity index (χ3v) is 7.33. The third-order valence-electron chi connectivity index (χ3n) is 7.33. The van der Waals surface area contributed by atoms with E-state index < -0.39 is 17.3 Å². The summed E-state index contributed by atoms with van der Waals surface area (Å²) in [6, 6.07) is 13.0. The highest BCUT2D eigenvalue weighted by Crippen LogP contribution is 2.30. The van der Waals surface area contributed by atoms with E-state index in [9.17, 15) is 14.4 Å². The molecule has 11 heteroatoms. The van der Waals surface area contributed by atoms with E-state index in [1.807, 2.05) is 53.8 Å². The molecule has 0 bridgehead atoms. The second-order valence-electron chi connectivity index (χ2n) is 10.1. The molecule has 0 aliphatic carbocycles. The summed E-state index contributed by atoms with van der Waals surface area (Å²) in [5.74, 6) is -0.693. The fraction of sp³-hybridized carbons (Fsp3) is 0.393. The minimum Gasteiger partial charge on any atom is -0.481 e. The largest absolute Gasteiger partial charge is 0.481 e. The van der Waals surface area contributed by atoms with Crippen LogP contribution in [0.3, 0.4) is 0 Å². The van der Waals surface area contributed by atoms with Crippen molar-refractivity contribution in [2.45, 2.75) is 44.6 Å². The smallest absolute Gasteiger partial charge is 0.303 e. The van der Waals surface area contributed by atoms with Gasteiger partial charge in [-0.15, -0.1) is 0 Å². The van der Waals surface area contributed by atoms with Crippen molar-refractivity contribution in [3.63, 3.8) is 0 Å². The molecule has 0 radical (unpaired) electrons. The molecule has 39 heavy (non-hydrogen) atoms. The molecule has 11 nitrogen and oxygen atoms in total. The number of carbonyl (C=O) groups excluding carboxylic acids is 2. The van der Waals surface area contributed by atoms with E-state index >= 15 is 0 Å². The number of benzene rings is 2. The maximum Gasteiger partial charge on any atom is 0.303 e. The van der Waals surface area contributed by atoms with Crippen LogP contribution in [0.15, 0.2) is 42.5 Å². The van der Waals surface area contributed by atoms with Crippen LogP contribution in [-0.2, 0) is 33.4 Å². The highest BCUT2D eigenvalue weighted by Gasteiger charge is 2.40. The van der Waals surface area contributed by atoms with E-state index in [0.717, 1.165) is 41.0 Å². The normalized spacial score (nSPS) is 14.7. The van der Waals surface area contributed by atoms with Crippen LogP contribution in [0.2, 0.25) is 0 Å². The second-order valence-corrected chi connectivity index (χ2v) is 10.1. The molecule has 2 amide bonds. The van der Waals surface area contributed by atoms with Gasteiger partial charge in [-0.2, -0.15) is 0 Å². The molecule has 1 unspecified atom stereocenters. The average molecular weight is 534 g/mol. The number of fused-ring (bicyclic) bond motifs is 1. The Labute approximate surface area is 226 Å². The van der Waals surface area contributed by atoms with Crippen LogP contribution in [0.4, 0.5) is 5.69 Å². The van der Waals surface area contributed by atoms with Gasteiger partial charge in [0, 0.05) is 44.4 Å². The van der Waals surface area contributed by atoms with Gasteiger partial charge in [-0.1, -0.05) is 6.07 Å². The Kier molecular flexibility index (Phi) is 8.18. The van der Waals surface area contributed by atoms with Crippen LogP contribution in [0.25, 0.3) is 11.0 Å². The van der Waals surface area contributed by atoms with Gasteiger partial charge in [0.05, 0.1) is 29.4 Å². The lowest BCUT2D eigenvalue weighted by molar-refractivity contribution is -0.139. The number of aliphatic carboxylic acids is 1. The number of aryl methyl sites for hydroxylation is 1. The molecule has 1 aliphatic heterocycles. The number of nitrogens with two attached hydrogens (primary N) is 1. The van der Waals surface area contributed by atoms with Gasteiger partial charge >= 0.3 is 5.97 Å². The first kappa shape index (κ1) is 27.6. The Bertz CT molecular complexity index is 1390. The van der Waals surface area contributed by atoms with Crippen LogP contribution >= 0.6 is 0 Å². The number of rotatable bonds is 11. The van der Waals surface area contributed by atoms with Crippen molar-refractivity contribution in [2.75, 3.05) is 25.0 Å². The maximum absolute atomic E-state index is 13.7. The molecule has 0 saturated carbocycles. The highest BCUT2D eigenvalue weighted by atomic mass is 16.4. The number of carboxylic acids is 1. The van der Waals surface area contributed by atoms with Crippen LogP contribution in [0, 0.1) is 5.41 Å². The number of aromatic nitrogens is 2. The Hall–Kier alpha value is -4.41. The van der Waals surface area contributed by atoms with Crippen LogP contribution < -0.4 is 16.4 Å². The number of carbonyl (C=O) groups is 3. The van der Waals surface area contributed by atoms with Crippen LogP contribution in [0.5, 0.6) is 0 Å². The molecule has 2 aromatic carbocycles. The van der Waals surface area contributed by atoms with Gasteiger partial charge in [-0.3, -0.25) is 19.8 Å². The highest BCUT2D eigenvalue weighted by molar-refractivity contribution is 5.95. The molecule has 3 aromatic rings. The standard InChI is InChI=1S/C28H35N7O4/c1-28(27(39)35-13-3-4-14-35,17-32-24(36)11-12-25(37)38)19-7-10-22-21(15-19)33-23(34(22)2)16-31-20-8-5-18(6-9-20)26(29)30/h5-10,15,31H,3-4,11-14,16-17H2,1-2H3,(H3,29,30)(H,32,36)(H,37,38). The summed E-state index contributed by atoms with van der Waals surface area (Å²) in [4.78, 5) is 43.5. The zero-order valence-corrected chi connectivity index (χ0v) is 22.3. The molecule has 0 spiro atoms. The maximum atomic E-state index is 13.7. The predicted octanol–water partition coefficient (Wildman–Crippen LogP) is 2.33. The van der Waals surface area contributed by atoms with Gasteiger partial charge in [0.1, 0.15) is 11.7 Å². The number of imidazole rings is 1. The summed E-state index contributed by atoms with van der Waals surface area (Å²) >= 11 is 0. The number of amides is 2. The monoisotopic (exact) mass is 533 g/mol. The van der Waals surface area contributed by atoms with Gasteiger partial charge < -0.3 is 30.9 Å². The van der Waals surface area contributed by atoms with Gasteiger partial charge in [0.15, 0.2) is 0 Å². The number of amidine groups is 1. The third kappa shape index (κ3) is 6.19. The molecule has 4 rings (SSSR count). The predicted molar refractivity (Wildman–Crippen MR) is 149 cm³/mol. The average Bonchev–Trinajstić information content (AvgIpc) is 3.57. The Morgan fingerprint density at radius 3 is 2.44 bits per heavy atom. The fourth-order valence-electron chi connectivity index (χ4n) is 4.85. The molecule has 1 fully saturated rings. The van der Waals surface area contributed by atoms with Crippen molar-refractivity contribution < 1.29 is 19.5 Å². The first-order valence-electron chi connectivity index (χ1n) is 13.0. The first-order valence-corrected chi connectivity index (χ1v) is 13.0. The van der Waals surface area contributed by atoms with E-state index in [2.05, 4.69) is 10.6 Å². The topological polar surface area (TPSA) is 166 Å². The quantitative estimate of drug-likeness (QED) is 0.186. The number of hydrogen-bond donors (Lipinski definition) is 5. The zero-order valence-electron chi connectivity index (χ0n) is 22.3. The van der Waals surface area contributed by atoms with Crippen molar-refractivity contribution >= 4 is 40.3 Å². The van der Waals surface area contributed by atoms with Gasteiger partial charge in [-0.05, 0) is 61.7 Å². The van der Waals surface area contributed by atoms with Gasteiger partial charge in [-0.25, -0.2) is 4.98 Å². The van der Waals surface area contributed by atoms with Crippen molar-refractivity contribution in [3.05, 3.63) is 59.4 Å². The van der Waals surface area contributed by atoms with E-state index in [1.165, 1.54) is 0 Å². The number of nitrogen functional groups attached to an aromatic ring is 1. The minimum atomic E-state index is -1.04. The molecule has 1 atom stereocenters. The second kappa shape index (κ2) is 11.5. The summed E-state index contributed by atoms with van der Waals surface area (Å²) in [6.45, 7) is 3.70.